The molecule has 0 aliphatic carbocycles. The summed E-state index contributed by atoms with van der Waals surface area (Å²) in [5, 5.41) is 0. The van der Waals surface area contributed by atoms with E-state index in [1.54, 1.807) is 0 Å². The Morgan fingerprint density at radius 1 is 0.781 bits per heavy atom. The molecule has 0 saturated carbocycles. The summed E-state index contributed by atoms with van der Waals surface area (Å²) in [7, 11) is 0. The maximum atomic E-state index is 5.12. The molecular weight excluding hydrogens is 390 g/mol. The van der Waals surface area contributed by atoms with E-state index in [0.717, 1.165) is 51.3 Å². The standard InChI is InChI=1S/C29H37N3/c1-6-24-12-10-13-25(7-2)29(24)27-19-22(4)26(23(5)30-27)20-31-15-17-32(18-16-31)28-14-9-8-11-21(28)3/h8-14,19H,6-7,15-18,20H2,1-5H3. The van der Waals surface area contributed by atoms with Crippen LogP contribution in [-0.4, -0.2) is 36.1 Å². The summed E-state index contributed by atoms with van der Waals surface area (Å²) in [6.07, 6.45) is 2.08. The third-order valence-electron chi connectivity index (χ3n) is 7.02. The van der Waals surface area contributed by atoms with Gasteiger partial charge in [0.05, 0.1) is 5.69 Å². The first-order chi connectivity index (χ1) is 15.5. The Bertz CT molecular complexity index is 1030. The number of aryl methyl sites for hydroxylation is 5. The molecule has 3 aromatic rings. The van der Waals surface area contributed by atoms with E-state index >= 15 is 0 Å². The summed E-state index contributed by atoms with van der Waals surface area (Å²) >= 11 is 0. The largest absolute Gasteiger partial charge is 0.369 e. The lowest BCUT2D eigenvalue weighted by atomic mass is 9.93. The lowest BCUT2D eigenvalue weighted by Gasteiger charge is -2.37. The van der Waals surface area contributed by atoms with Crippen molar-refractivity contribution in [3.8, 4) is 11.3 Å². The molecule has 0 unspecified atom stereocenters. The van der Waals surface area contributed by atoms with Gasteiger partial charge in [0, 0.05) is 49.7 Å². The number of hydrogen-bond acceptors (Lipinski definition) is 3. The summed E-state index contributed by atoms with van der Waals surface area (Å²) in [6.45, 7) is 16.5. The maximum absolute atomic E-state index is 5.12. The van der Waals surface area contributed by atoms with Crippen molar-refractivity contribution in [2.45, 2.75) is 54.0 Å². The van der Waals surface area contributed by atoms with Crippen molar-refractivity contribution in [3.05, 3.63) is 82.0 Å². The highest BCUT2D eigenvalue weighted by Crippen LogP contribution is 2.30. The van der Waals surface area contributed by atoms with E-state index in [1.807, 2.05) is 0 Å². The number of aromatic nitrogens is 1. The fourth-order valence-electron chi connectivity index (χ4n) is 5.09. The van der Waals surface area contributed by atoms with Gasteiger partial charge >= 0.3 is 0 Å². The second-order valence-corrected chi connectivity index (χ2v) is 9.10. The summed E-state index contributed by atoms with van der Waals surface area (Å²) in [6, 6.07) is 17.7. The van der Waals surface area contributed by atoms with Crippen LogP contribution in [0.3, 0.4) is 0 Å². The molecule has 0 N–H and O–H groups in total. The normalized spacial score (nSPS) is 14.7. The Labute approximate surface area is 194 Å². The van der Waals surface area contributed by atoms with Crippen molar-refractivity contribution in [2.75, 3.05) is 31.1 Å². The van der Waals surface area contributed by atoms with Crippen molar-refractivity contribution >= 4 is 5.69 Å². The van der Waals surface area contributed by atoms with Crippen LogP contribution in [0.15, 0.2) is 48.5 Å². The zero-order chi connectivity index (χ0) is 22.7. The SMILES string of the molecule is CCc1cccc(CC)c1-c1cc(C)c(CN2CCN(c3ccccc3C)CC2)c(C)n1. The number of anilines is 1. The first-order valence-corrected chi connectivity index (χ1v) is 12.1. The van der Waals surface area contributed by atoms with Crippen molar-refractivity contribution in [1.29, 1.82) is 0 Å². The van der Waals surface area contributed by atoms with E-state index in [2.05, 4.69) is 92.9 Å². The minimum absolute atomic E-state index is 0.989. The number of piperazine rings is 1. The number of pyridine rings is 1. The fourth-order valence-corrected chi connectivity index (χ4v) is 5.09. The molecule has 1 saturated heterocycles. The molecule has 0 atom stereocenters. The zero-order valence-corrected chi connectivity index (χ0v) is 20.4. The highest BCUT2D eigenvalue weighted by atomic mass is 15.3. The fraction of sp³-hybridized carbons (Fsp3) is 0.414. The topological polar surface area (TPSA) is 19.4 Å². The van der Waals surface area contributed by atoms with Gasteiger partial charge in [0.2, 0.25) is 0 Å². The molecule has 4 rings (SSSR count). The molecule has 3 nitrogen and oxygen atoms in total. The molecule has 0 spiro atoms. The Hall–Kier alpha value is -2.65. The zero-order valence-electron chi connectivity index (χ0n) is 20.4. The summed E-state index contributed by atoms with van der Waals surface area (Å²) in [4.78, 5) is 10.2. The number of nitrogens with zero attached hydrogens (tertiary/aromatic N) is 3. The van der Waals surface area contributed by atoms with Gasteiger partial charge < -0.3 is 4.90 Å². The predicted octanol–water partition coefficient (Wildman–Crippen LogP) is 6.12. The van der Waals surface area contributed by atoms with Crippen LogP contribution in [0.1, 0.15) is 47.4 Å². The molecule has 3 heteroatoms. The number of benzene rings is 2. The Morgan fingerprint density at radius 3 is 2.03 bits per heavy atom. The van der Waals surface area contributed by atoms with Crippen LogP contribution >= 0.6 is 0 Å². The van der Waals surface area contributed by atoms with Crippen molar-refractivity contribution < 1.29 is 0 Å². The van der Waals surface area contributed by atoms with Gasteiger partial charge in [-0.2, -0.15) is 0 Å². The van der Waals surface area contributed by atoms with Crippen LogP contribution in [0.5, 0.6) is 0 Å². The summed E-state index contributed by atoms with van der Waals surface area (Å²) in [5.41, 5.74) is 12.0. The van der Waals surface area contributed by atoms with Gasteiger partial charge in [-0.15, -0.1) is 0 Å². The second-order valence-electron chi connectivity index (χ2n) is 9.10. The van der Waals surface area contributed by atoms with Gasteiger partial charge in [-0.3, -0.25) is 9.88 Å². The maximum Gasteiger partial charge on any atom is 0.0713 e. The van der Waals surface area contributed by atoms with Gasteiger partial charge in [-0.25, -0.2) is 0 Å². The average Bonchev–Trinajstić information content (AvgIpc) is 2.81. The average molecular weight is 428 g/mol. The van der Waals surface area contributed by atoms with E-state index in [4.69, 9.17) is 4.98 Å². The molecule has 1 aliphatic heterocycles. The molecule has 32 heavy (non-hydrogen) atoms. The molecule has 0 amide bonds. The van der Waals surface area contributed by atoms with Crippen LogP contribution in [0.4, 0.5) is 5.69 Å². The Morgan fingerprint density at radius 2 is 1.44 bits per heavy atom. The molecule has 1 fully saturated rings. The predicted molar refractivity (Wildman–Crippen MR) is 137 cm³/mol. The minimum atomic E-state index is 0.989. The molecule has 2 heterocycles. The van der Waals surface area contributed by atoms with Crippen LogP contribution in [0.2, 0.25) is 0 Å². The summed E-state index contributed by atoms with van der Waals surface area (Å²) in [5.74, 6) is 0. The van der Waals surface area contributed by atoms with Crippen LogP contribution in [0.25, 0.3) is 11.3 Å². The van der Waals surface area contributed by atoms with E-state index in [-0.39, 0.29) is 0 Å². The van der Waals surface area contributed by atoms with E-state index < -0.39 is 0 Å². The van der Waals surface area contributed by atoms with E-state index in [0.29, 0.717) is 0 Å². The number of para-hydroxylation sites is 1. The highest BCUT2D eigenvalue weighted by Gasteiger charge is 2.20. The number of rotatable bonds is 6. The van der Waals surface area contributed by atoms with Crippen molar-refractivity contribution in [3.63, 3.8) is 0 Å². The first-order valence-electron chi connectivity index (χ1n) is 12.1. The molecule has 2 aromatic carbocycles. The lowest BCUT2D eigenvalue weighted by molar-refractivity contribution is 0.248. The second kappa shape index (κ2) is 9.87. The van der Waals surface area contributed by atoms with E-state index in [9.17, 15) is 0 Å². The minimum Gasteiger partial charge on any atom is -0.369 e. The smallest absolute Gasteiger partial charge is 0.0713 e. The molecule has 0 radical (unpaired) electrons. The van der Waals surface area contributed by atoms with Gasteiger partial charge in [-0.05, 0) is 73.6 Å². The first kappa shape index (κ1) is 22.5. The summed E-state index contributed by atoms with van der Waals surface area (Å²) < 4.78 is 0. The van der Waals surface area contributed by atoms with E-state index in [1.165, 1.54) is 44.8 Å². The van der Waals surface area contributed by atoms with Crippen molar-refractivity contribution in [2.24, 2.45) is 0 Å². The molecule has 168 valence electrons. The van der Waals surface area contributed by atoms with Crippen LogP contribution in [-0.2, 0) is 19.4 Å². The lowest BCUT2D eigenvalue weighted by Crippen LogP contribution is -2.46. The monoisotopic (exact) mass is 427 g/mol. The third kappa shape index (κ3) is 4.59. The Kier molecular flexibility index (Phi) is 6.95. The van der Waals surface area contributed by atoms with Gasteiger partial charge in [0.15, 0.2) is 0 Å². The number of hydrogen-bond donors (Lipinski definition) is 0. The highest BCUT2D eigenvalue weighted by molar-refractivity contribution is 5.69. The molecular formula is C29H37N3. The molecule has 1 aliphatic rings. The third-order valence-corrected chi connectivity index (χ3v) is 7.02. The van der Waals surface area contributed by atoms with Gasteiger partial charge in [0.25, 0.3) is 0 Å². The van der Waals surface area contributed by atoms with Crippen LogP contribution < -0.4 is 4.90 Å². The Balaban J connectivity index is 1.52. The van der Waals surface area contributed by atoms with Gasteiger partial charge in [-0.1, -0.05) is 50.2 Å². The quantitative estimate of drug-likeness (QED) is 0.472. The van der Waals surface area contributed by atoms with Crippen molar-refractivity contribution in [1.82, 2.24) is 9.88 Å². The molecule has 0 bridgehead atoms. The van der Waals surface area contributed by atoms with Gasteiger partial charge in [0.1, 0.15) is 0 Å². The molecule has 1 aromatic heterocycles. The van der Waals surface area contributed by atoms with Crippen LogP contribution in [0, 0.1) is 20.8 Å².